The monoisotopic (exact) mass is 676 g/mol. The van der Waals surface area contributed by atoms with Gasteiger partial charge in [0.15, 0.2) is 5.03 Å². The Kier molecular flexibility index (Phi) is 12.0. The Morgan fingerprint density at radius 3 is 2.49 bits per heavy atom. The molecule has 1 aliphatic heterocycles. The maximum Gasteiger partial charge on any atom is 0.481 e. The first kappa shape index (κ1) is 37.1. The molecule has 2 bridgehead atoms. The van der Waals surface area contributed by atoms with Crippen molar-refractivity contribution in [2.24, 2.45) is 33.9 Å². The van der Waals surface area contributed by atoms with Crippen molar-refractivity contribution < 1.29 is 27.6 Å². The molecule has 13 nitrogen and oxygen atoms in total. The van der Waals surface area contributed by atoms with Gasteiger partial charge in [0.05, 0.1) is 22.5 Å². The quantitative estimate of drug-likeness (QED) is 0.0476. The van der Waals surface area contributed by atoms with Crippen LogP contribution in [0.5, 0.6) is 0 Å². The van der Waals surface area contributed by atoms with E-state index in [1.54, 1.807) is 29.7 Å². The van der Waals surface area contributed by atoms with Gasteiger partial charge < -0.3 is 20.4 Å². The summed E-state index contributed by atoms with van der Waals surface area (Å²) in [5, 5.41) is 12.9. The van der Waals surface area contributed by atoms with Gasteiger partial charge in [-0.15, -0.1) is 0 Å². The van der Waals surface area contributed by atoms with E-state index >= 15 is 0 Å². The topological polar surface area (TPSA) is 187 Å². The third kappa shape index (κ3) is 8.84. The van der Waals surface area contributed by atoms with Crippen LogP contribution in [0, 0.1) is 33.3 Å². The van der Waals surface area contributed by atoms with Crippen LogP contribution in [0.3, 0.4) is 0 Å². The highest BCUT2D eigenvalue weighted by Crippen LogP contribution is 2.65. The van der Waals surface area contributed by atoms with E-state index in [9.17, 15) is 23.3 Å². The molecule has 0 aromatic heterocycles. The van der Waals surface area contributed by atoms with Crippen LogP contribution in [0.1, 0.15) is 98.5 Å². The zero-order chi connectivity index (χ0) is 34.6. The fourth-order valence-electron chi connectivity index (χ4n) is 7.64. The molecule has 1 heterocycles. The number of aryl methyl sites for hydroxylation is 1. The number of amides is 1. The van der Waals surface area contributed by atoms with Gasteiger partial charge in [0.2, 0.25) is 15.9 Å². The number of nitro groups is 1. The van der Waals surface area contributed by atoms with Crippen molar-refractivity contribution in [2.75, 3.05) is 6.54 Å². The zero-order valence-electron chi connectivity index (χ0n) is 28.7. The number of unbranched alkanes of at least 4 members (excludes halogenated alkanes) is 2. The number of aliphatic imine (C=N–C) groups is 1. The molecule has 5 N–H and O–H groups in total. The number of nitrogens with zero attached hydrogens (tertiary/aromatic N) is 2. The number of sulfonamides is 1. The molecular formula is C32H53BN6O7S. The molecular weight excluding hydrogens is 623 g/mol. The number of nitrogens with one attached hydrogen (secondary N) is 3. The van der Waals surface area contributed by atoms with Gasteiger partial charge in [0.25, 0.3) is 5.96 Å². The van der Waals surface area contributed by atoms with Crippen molar-refractivity contribution in [3.05, 3.63) is 39.9 Å². The van der Waals surface area contributed by atoms with E-state index in [4.69, 9.17) is 15.0 Å². The molecule has 15 heteroatoms. The predicted octanol–water partition coefficient (Wildman–Crippen LogP) is 3.74. The first-order chi connectivity index (χ1) is 22.1. The van der Waals surface area contributed by atoms with Crippen molar-refractivity contribution >= 4 is 29.0 Å². The molecule has 1 amide bonds. The Hall–Kier alpha value is -2.75. The number of carbonyl (C=O) groups excluding carboxylic acids is 1. The molecule has 1 aromatic rings. The summed E-state index contributed by atoms with van der Waals surface area (Å²) in [7, 11) is -4.74. The zero-order valence-corrected chi connectivity index (χ0v) is 29.5. The lowest BCUT2D eigenvalue weighted by Gasteiger charge is -2.64. The van der Waals surface area contributed by atoms with Crippen LogP contribution in [0.4, 0.5) is 0 Å². The summed E-state index contributed by atoms with van der Waals surface area (Å²) in [5.74, 6) is -0.253. The van der Waals surface area contributed by atoms with Crippen LogP contribution in [-0.2, 0) is 30.5 Å². The van der Waals surface area contributed by atoms with E-state index in [1.807, 2.05) is 0 Å². The molecule has 4 fully saturated rings. The van der Waals surface area contributed by atoms with Gasteiger partial charge in [-0.25, -0.2) is 23.5 Å². The minimum absolute atomic E-state index is 0.0489. The van der Waals surface area contributed by atoms with E-state index in [-0.39, 0.29) is 47.7 Å². The Balaban J connectivity index is 1.50. The van der Waals surface area contributed by atoms with Crippen molar-refractivity contribution in [3.63, 3.8) is 0 Å². The number of nitrogens with two attached hydrogens (primary N) is 1. The second kappa shape index (κ2) is 15.2. The van der Waals surface area contributed by atoms with Gasteiger partial charge in [0, 0.05) is 6.54 Å². The number of benzene rings is 1. The van der Waals surface area contributed by atoms with Crippen LogP contribution in [0.15, 0.2) is 34.2 Å². The van der Waals surface area contributed by atoms with Crippen LogP contribution in [-0.4, -0.2) is 62.7 Å². The predicted molar refractivity (Wildman–Crippen MR) is 181 cm³/mol. The van der Waals surface area contributed by atoms with Crippen molar-refractivity contribution in [1.82, 2.24) is 15.5 Å². The molecule has 1 aromatic carbocycles. The van der Waals surface area contributed by atoms with Gasteiger partial charge >= 0.3 is 7.12 Å². The summed E-state index contributed by atoms with van der Waals surface area (Å²) in [6.07, 6.45) is 6.92. The largest absolute Gasteiger partial charge is 0.481 e. The first-order valence-corrected chi connectivity index (χ1v) is 18.5. The van der Waals surface area contributed by atoms with Crippen molar-refractivity contribution in [2.45, 2.75) is 128 Å². The second-order valence-corrected chi connectivity index (χ2v) is 16.3. The fourth-order valence-corrected chi connectivity index (χ4v) is 8.87. The molecule has 6 atom stereocenters. The number of rotatable bonds is 17. The van der Waals surface area contributed by atoms with Crippen LogP contribution in [0.25, 0.3) is 0 Å². The smallest absolute Gasteiger partial charge is 0.404 e. The molecule has 5 rings (SSSR count). The first-order valence-electron chi connectivity index (χ1n) is 17.0. The van der Waals surface area contributed by atoms with E-state index in [2.05, 4.69) is 56.6 Å². The minimum Gasteiger partial charge on any atom is -0.404 e. The minimum atomic E-state index is -4.07. The van der Waals surface area contributed by atoms with Crippen molar-refractivity contribution in [3.8, 4) is 0 Å². The summed E-state index contributed by atoms with van der Waals surface area (Å²) in [4.78, 5) is 28.6. The summed E-state index contributed by atoms with van der Waals surface area (Å²) in [6, 6.07) is 5.58. The lowest BCUT2D eigenvalue weighted by molar-refractivity contribution is -0.525. The molecule has 1 saturated heterocycles. The van der Waals surface area contributed by atoms with Crippen molar-refractivity contribution in [1.29, 1.82) is 0 Å². The molecule has 0 spiro atoms. The van der Waals surface area contributed by atoms with Gasteiger partial charge in [-0.1, -0.05) is 65.0 Å². The third-order valence-corrected chi connectivity index (χ3v) is 11.9. The molecule has 3 aliphatic carbocycles. The maximum absolute atomic E-state index is 13.9. The lowest BCUT2D eigenvalue weighted by Crippen LogP contribution is -2.65. The highest BCUT2D eigenvalue weighted by molar-refractivity contribution is 7.89. The molecule has 47 heavy (non-hydrogen) atoms. The Labute approximate surface area is 279 Å². The second-order valence-electron chi connectivity index (χ2n) is 14.6. The fraction of sp³-hybridized carbons (Fsp3) is 0.750. The number of hydrogen-bond donors (Lipinski definition) is 4. The van der Waals surface area contributed by atoms with Gasteiger partial charge in [-0.05, 0) is 92.7 Å². The van der Waals surface area contributed by atoms with E-state index < -0.39 is 45.7 Å². The molecule has 0 radical (unpaired) electrons. The van der Waals surface area contributed by atoms with Gasteiger partial charge in [-0.2, -0.15) is 4.72 Å². The summed E-state index contributed by atoms with van der Waals surface area (Å²) >= 11 is 0. The van der Waals surface area contributed by atoms with Gasteiger partial charge in [-0.3, -0.25) is 4.79 Å². The highest BCUT2D eigenvalue weighted by atomic mass is 32.2. The number of hydrogen-bond acceptors (Lipinski definition) is 8. The van der Waals surface area contributed by atoms with E-state index in [0.717, 1.165) is 44.1 Å². The number of carbonyl (C=O) groups is 1. The standard InChI is InChI=1S/C32H53BN6O7S/c1-7-8-9-11-22-13-15-24(16-14-22)47(43,44)38-25(12-10-17-35-30(34)37-39(41)42)29(40)36-28(18-21(2)3)33-45-27-20-23-19-26(31(23,4)5)32(27,6)46-33/h13-16,21,23,25-28,38H,7-12,17-20H2,1-6H3,(H,36,40)(H3,34,35,37)/t23-,25-,26-,27+,28-,32-/m0/s1. The average Bonchev–Trinajstić information content (AvgIpc) is 3.35. The van der Waals surface area contributed by atoms with E-state index in [1.165, 1.54) is 0 Å². The van der Waals surface area contributed by atoms with Crippen LogP contribution in [0.2, 0.25) is 0 Å². The number of hydrazine groups is 1. The highest BCUT2D eigenvalue weighted by Gasteiger charge is 2.68. The molecule has 3 saturated carbocycles. The normalized spacial score (nSPS) is 26.3. The van der Waals surface area contributed by atoms with Gasteiger partial charge in [0.1, 0.15) is 6.04 Å². The Morgan fingerprint density at radius 2 is 1.87 bits per heavy atom. The maximum atomic E-state index is 13.9. The van der Waals surface area contributed by atoms with Crippen LogP contribution < -0.4 is 21.2 Å². The molecule has 0 unspecified atom stereocenters. The summed E-state index contributed by atoms with van der Waals surface area (Å²) < 4.78 is 42.9. The SMILES string of the molecule is CCCCCc1ccc(S(=O)(=O)N[C@@H](CCCN=C(N)N[N+](=O)[O-])C(=O)N[C@@H](CC(C)C)B2O[C@@H]3C[C@@H]4C[C@@H](C4(C)C)[C@]3(C)O2)cc1. The number of guanidine groups is 1. The Morgan fingerprint density at radius 1 is 1.17 bits per heavy atom. The summed E-state index contributed by atoms with van der Waals surface area (Å²) in [5.41, 5.74) is 8.06. The summed E-state index contributed by atoms with van der Waals surface area (Å²) in [6.45, 7) is 13.0. The molecule has 262 valence electrons. The average molecular weight is 677 g/mol. The third-order valence-electron chi connectivity index (χ3n) is 10.4. The Bertz CT molecular complexity index is 1390. The lowest BCUT2D eigenvalue weighted by atomic mass is 9.43. The van der Waals surface area contributed by atoms with Crippen LogP contribution >= 0.6 is 0 Å². The molecule has 4 aliphatic rings. The van der Waals surface area contributed by atoms with E-state index in [0.29, 0.717) is 18.3 Å².